The molecule has 1 amide bonds. The van der Waals surface area contributed by atoms with E-state index < -0.39 is 0 Å². The summed E-state index contributed by atoms with van der Waals surface area (Å²) in [6.45, 7) is 7.31. The maximum atomic E-state index is 11.0. The van der Waals surface area contributed by atoms with Crippen LogP contribution in [0.25, 0.3) is 0 Å². The van der Waals surface area contributed by atoms with E-state index in [0.29, 0.717) is 0 Å². The number of hydrogen-bond donors (Lipinski definition) is 1. The first kappa shape index (κ1) is 10.9. The summed E-state index contributed by atoms with van der Waals surface area (Å²) in [5.41, 5.74) is 5.30. The molecule has 1 aliphatic heterocycles. The lowest BCUT2D eigenvalue weighted by Crippen LogP contribution is -2.53. The van der Waals surface area contributed by atoms with Gasteiger partial charge >= 0.3 is 0 Å². The molecule has 1 atom stereocenters. The summed E-state index contributed by atoms with van der Waals surface area (Å²) in [5, 5.41) is 0. The van der Waals surface area contributed by atoms with Gasteiger partial charge < -0.3 is 10.6 Å². The highest BCUT2D eigenvalue weighted by Gasteiger charge is 2.28. The van der Waals surface area contributed by atoms with Crippen LogP contribution in [-0.2, 0) is 4.79 Å². The van der Waals surface area contributed by atoms with Crippen LogP contribution in [0.2, 0.25) is 0 Å². The van der Waals surface area contributed by atoms with Crippen molar-refractivity contribution in [3.05, 3.63) is 0 Å². The zero-order chi connectivity index (χ0) is 10.8. The zero-order valence-electron chi connectivity index (χ0n) is 9.48. The minimum atomic E-state index is -0.203. The van der Waals surface area contributed by atoms with Crippen molar-refractivity contribution in [1.29, 1.82) is 0 Å². The van der Waals surface area contributed by atoms with Crippen LogP contribution in [0.3, 0.4) is 0 Å². The second kappa shape index (κ2) is 4.49. The minimum Gasteiger partial charge on any atom is -0.368 e. The van der Waals surface area contributed by atoms with Crippen LogP contribution in [0, 0.1) is 5.92 Å². The third kappa shape index (κ3) is 2.92. The van der Waals surface area contributed by atoms with E-state index in [1.54, 1.807) is 0 Å². The summed E-state index contributed by atoms with van der Waals surface area (Å²) in [7, 11) is 0. The van der Waals surface area contributed by atoms with Gasteiger partial charge in [-0.25, -0.2) is 0 Å². The van der Waals surface area contributed by atoms with Crippen LogP contribution in [0.15, 0.2) is 0 Å². The molecule has 2 N–H and O–H groups in total. The van der Waals surface area contributed by atoms with Gasteiger partial charge in [-0.3, -0.25) is 9.69 Å². The molecule has 4 nitrogen and oxygen atoms in total. The first-order valence-electron chi connectivity index (χ1n) is 5.92. The Morgan fingerprint density at radius 3 is 2.40 bits per heavy atom. The van der Waals surface area contributed by atoms with Crippen LogP contribution in [0.5, 0.6) is 0 Å². The van der Waals surface area contributed by atoms with Gasteiger partial charge in [0.15, 0.2) is 0 Å². The average molecular weight is 211 g/mol. The van der Waals surface area contributed by atoms with Gasteiger partial charge in [0, 0.05) is 32.7 Å². The molecule has 0 aromatic rings. The van der Waals surface area contributed by atoms with E-state index >= 15 is 0 Å². The van der Waals surface area contributed by atoms with Gasteiger partial charge in [-0.1, -0.05) is 0 Å². The Morgan fingerprint density at radius 2 is 1.93 bits per heavy atom. The smallest absolute Gasteiger partial charge is 0.234 e. The van der Waals surface area contributed by atoms with Crippen LogP contribution < -0.4 is 5.73 Å². The number of carbonyl (C=O) groups is 1. The largest absolute Gasteiger partial charge is 0.368 e. The highest BCUT2D eigenvalue weighted by Crippen LogP contribution is 2.29. The molecule has 86 valence electrons. The lowest BCUT2D eigenvalue weighted by Gasteiger charge is -2.36. The van der Waals surface area contributed by atoms with E-state index in [1.807, 2.05) is 6.92 Å². The van der Waals surface area contributed by atoms with Crippen molar-refractivity contribution in [3.63, 3.8) is 0 Å². The molecule has 15 heavy (non-hydrogen) atoms. The van der Waals surface area contributed by atoms with E-state index in [9.17, 15) is 4.79 Å². The van der Waals surface area contributed by atoms with Crippen LogP contribution in [-0.4, -0.2) is 54.5 Å². The molecule has 1 heterocycles. The van der Waals surface area contributed by atoms with Crippen molar-refractivity contribution in [1.82, 2.24) is 9.80 Å². The van der Waals surface area contributed by atoms with Crippen molar-refractivity contribution >= 4 is 5.91 Å². The molecule has 0 aromatic carbocycles. The molecule has 1 saturated heterocycles. The predicted molar refractivity (Wildman–Crippen MR) is 59.4 cm³/mol. The van der Waals surface area contributed by atoms with Gasteiger partial charge in [-0.2, -0.15) is 0 Å². The molecular weight excluding hydrogens is 190 g/mol. The molecule has 1 aliphatic carbocycles. The molecule has 1 unspecified atom stereocenters. The average Bonchev–Trinajstić information content (AvgIpc) is 3.02. The molecule has 0 spiro atoms. The molecule has 4 heteroatoms. The summed E-state index contributed by atoms with van der Waals surface area (Å²) < 4.78 is 0. The molecule has 0 radical (unpaired) electrons. The van der Waals surface area contributed by atoms with Gasteiger partial charge in [0.05, 0.1) is 6.04 Å². The Morgan fingerprint density at radius 1 is 1.33 bits per heavy atom. The van der Waals surface area contributed by atoms with Crippen LogP contribution in [0.4, 0.5) is 0 Å². The van der Waals surface area contributed by atoms with Crippen LogP contribution in [0.1, 0.15) is 19.8 Å². The number of nitrogens with zero attached hydrogens (tertiary/aromatic N) is 2. The first-order chi connectivity index (χ1) is 7.16. The number of rotatable bonds is 4. The lowest BCUT2D eigenvalue weighted by molar-refractivity contribution is -0.123. The number of nitrogens with two attached hydrogens (primary N) is 1. The topological polar surface area (TPSA) is 49.6 Å². The first-order valence-corrected chi connectivity index (χ1v) is 5.92. The summed E-state index contributed by atoms with van der Waals surface area (Å²) in [5.74, 6) is 0.760. The third-order valence-electron chi connectivity index (χ3n) is 3.58. The summed E-state index contributed by atoms with van der Waals surface area (Å²) in [6.07, 6.45) is 2.83. The highest BCUT2D eigenvalue weighted by atomic mass is 16.1. The van der Waals surface area contributed by atoms with E-state index in [-0.39, 0.29) is 11.9 Å². The van der Waals surface area contributed by atoms with Gasteiger partial charge in [0.25, 0.3) is 0 Å². The Kier molecular flexibility index (Phi) is 3.26. The van der Waals surface area contributed by atoms with E-state index in [2.05, 4.69) is 9.80 Å². The maximum Gasteiger partial charge on any atom is 0.234 e. The second-order valence-corrected chi connectivity index (χ2v) is 4.86. The molecule has 0 bridgehead atoms. The van der Waals surface area contributed by atoms with E-state index in [1.165, 1.54) is 19.4 Å². The number of amides is 1. The number of piperazine rings is 1. The standard InChI is InChI=1S/C11H21N3O/c1-9(11(12)15)14-6-4-13(5-7-14)8-10-2-3-10/h9-10H,2-8H2,1H3,(H2,12,15). The Hall–Kier alpha value is -0.610. The van der Waals surface area contributed by atoms with Gasteiger partial charge in [0.1, 0.15) is 0 Å². The minimum absolute atomic E-state index is 0.104. The SMILES string of the molecule is CC(C(N)=O)N1CCN(CC2CC2)CC1. The zero-order valence-corrected chi connectivity index (χ0v) is 9.48. The van der Waals surface area contributed by atoms with Gasteiger partial charge in [-0.05, 0) is 25.7 Å². The fraction of sp³-hybridized carbons (Fsp3) is 0.909. The maximum absolute atomic E-state index is 11.0. The molecule has 1 saturated carbocycles. The summed E-state index contributed by atoms with van der Waals surface area (Å²) in [6, 6.07) is -0.104. The predicted octanol–water partition coefficient (Wildman–Crippen LogP) is -0.112. The normalized spacial score (nSPS) is 26.5. The van der Waals surface area contributed by atoms with E-state index in [4.69, 9.17) is 5.73 Å². The molecule has 2 rings (SSSR count). The monoisotopic (exact) mass is 211 g/mol. The summed E-state index contributed by atoms with van der Waals surface area (Å²) in [4.78, 5) is 15.7. The Bertz CT molecular complexity index is 232. The number of primary amides is 1. The van der Waals surface area contributed by atoms with Gasteiger partial charge in [-0.15, -0.1) is 0 Å². The lowest BCUT2D eigenvalue weighted by atomic mass is 10.2. The fourth-order valence-electron chi connectivity index (χ4n) is 2.18. The van der Waals surface area contributed by atoms with Crippen molar-refractivity contribution < 1.29 is 4.79 Å². The Balaban J connectivity index is 1.73. The van der Waals surface area contributed by atoms with Gasteiger partial charge in [0.2, 0.25) is 5.91 Å². The Labute approximate surface area is 91.4 Å². The number of carbonyl (C=O) groups excluding carboxylic acids is 1. The van der Waals surface area contributed by atoms with Crippen molar-refractivity contribution in [2.75, 3.05) is 32.7 Å². The van der Waals surface area contributed by atoms with Crippen molar-refractivity contribution in [3.8, 4) is 0 Å². The summed E-state index contributed by atoms with van der Waals surface area (Å²) >= 11 is 0. The molecule has 2 fully saturated rings. The molecular formula is C11H21N3O. The third-order valence-corrected chi connectivity index (χ3v) is 3.58. The highest BCUT2D eigenvalue weighted by molar-refractivity contribution is 5.79. The van der Waals surface area contributed by atoms with Crippen molar-refractivity contribution in [2.45, 2.75) is 25.8 Å². The number of hydrogen-bond acceptors (Lipinski definition) is 3. The molecule has 0 aromatic heterocycles. The van der Waals surface area contributed by atoms with Crippen LogP contribution >= 0.6 is 0 Å². The van der Waals surface area contributed by atoms with E-state index in [0.717, 1.165) is 32.1 Å². The van der Waals surface area contributed by atoms with Crippen molar-refractivity contribution in [2.24, 2.45) is 11.7 Å². The molecule has 2 aliphatic rings. The quantitative estimate of drug-likeness (QED) is 0.706. The fourth-order valence-corrected chi connectivity index (χ4v) is 2.18. The second-order valence-electron chi connectivity index (χ2n) is 4.86.